The lowest BCUT2D eigenvalue weighted by atomic mass is 10.1. The van der Waals surface area contributed by atoms with Crippen LogP contribution in [0.1, 0.15) is 17.4 Å². The molecular weight excluding hydrogens is 372 g/mol. The number of halogens is 1. The van der Waals surface area contributed by atoms with E-state index in [1.165, 1.54) is 12.1 Å². The van der Waals surface area contributed by atoms with E-state index < -0.39 is 17.1 Å². The Labute approximate surface area is 159 Å². The lowest BCUT2D eigenvalue weighted by Crippen LogP contribution is -2.29. The Bertz CT molecular complexity index is 957. The van der Waals surface area contributed by atoms with Crippen LogP contribution in [0, 0.1) is 10.1 Å². The van der Waals surface area contributed by atoms with Gasteiger partial charge in [0.15, 0.2) is 0 Å². The van der Waals surface area contributed by atoms with Gasteiger partial charge in [0.05, 0.1) is 11.0 Å². The van der Waals surface area contributed by atoms with Gasteiger partial charge in [-0.25, -0.2) is 9.78 Å². The summed E-state index contributed by atoms with van der Waals surface area (Å²) in [5.74, 6) is 0.361. The van der Waals surface area contributed by atoms with E-state index in [0.29, 0.717) is 23.5 Å². The first-order chi connectivity index (χ1) is 12.9. The van der Waals surface area contributed by atoms with E-state index in [1.54, 1.807) is 12.1 Å². The second-order valence-corrected chi connectivity index (χ2v) is 6.16. The molecule has 3 N–H and O–H groups in total. The van der Waals surface area contributed by atoms with Crippen LogP contribution in [0.25, 0.3) is 11.3 Å². The number of carbonyl (C=O) groups is 1. The molecule has 1 amide bonds. The maximum Gasteiger partial charge on any atom is 0.405 e. The number of nitrogens with zero attached hydrogens (tertiary/aromatic N) is 2. The molecule has 2 aromatic carbocycles. The van der Waals surface area contributed by atoms with E-state index >= 15 is 0 Å². The maximum atomic E-state index is 11.2. The lowest BCUT2D eigenvalue weighted by molar-refractivity contribution is -0.384. The number of amides is 1. The molecule has 0 aliphatic carbocycles. The lowest BCUT2D eigenvalue weighted by Gasteiger charge is -2.14. The average Bonchev–Trinajstić information content (AvgIpc) is 3.03. The summed E-state index contributed by atoms with van der Waals surface area (Å²) < 4.78 is 0. The van der Waals surface area contributed by atoms with Crippen molar-refractivity contribution in [3.05, 3.63) is 81.3 Å². The van der Waals surface area contributed by atoms with Crippen LogP contribution in [0.3, 0.4) is 0 Å². The minimum absolute atomic E-state index is 0.0415. The smallest absolute Gasteiger partial charge is 0.405 e. The summed E-state index contributed by atoms with van der Waals surface area (Å²) in [5.41, 5.74) is 1.87. The summed E-state index contributed by atoms with van der Waals surface area (Å²) in [6.45, 7) is 0. The van der Waals surface area contributed by atoms with Gasteiger partial charge in [-0.1, -0.05) is 41.9 Å². The molecule has 0 unspecified atom stereocenters. The standard InChI is InChI=1S/C18H15ClN4O4/c19-16-15(12-6-8-13(9-7-12)23(26)27)21-17(22-16)14(20-18(24)25)10-11-4-2-1-3-5-11/h1-9,14,20H,10H2,(H,21,22)(H,24,25)/t14-/m0/s1. The molecule has 8 nitrogen and oxygen atoms in total. The van der Waals surface area contributed by atoms with E-state index in [9.17, 15) is 14.9 Å². The van der Waals surface area contributed by atoms with Crippen molar-refractivity contribution in [2.24, 2.45) is 0 Å². The number of carboxylic acid groups (broad SMARTS) is 1. The third kappa shape index (κ3) is 4.42. The summed E-state index contributed by atoms with van der Waals surface area (Å²) in [5, 5.41) is 22.6. The molecule has 138 valence electrons. The largest absolute Gasteiger partial charge is 0.465 e. The third-order valence-corrected chi connectivity index (χ3v) is 4.21. The molecule has 3 rings (SSSR count). The SMILES string of the molecule is O=C(O)N[C@@H](Cc1ccccc1)c1nc(-c2ccc([N+](=O)[O-])cc2)c(Cl)[nH]1. The summed E-state index contributed by atoms with van der Waals surface area (Å²) in [7, 11) is 0. The van der Waals surface area contributed by atoms with E-state index in [0.717, 1.165) is 5.56 Å². The van der Waals surface area contributed by atoms with Crippen LogP contribution < -0.4 is 5.32 Å². The summed E-state index contributed by atoms with van der Waals surface area (Å²) in [4.78, 5) is 28.8. The van der Waals surface area contributed by atoms with E-state index in [2.05, 4.69) is 15.3 Å². The number of hydrogen-bond acceptors (Lipinski definition) is 4. The number of H-pyrrole nitrogens is 1. The van der Waals surface area contributed by atoms with Gasteiger partial charge >= 0.3 is 6.09 Å². The minimum Gasteiger partial charge on any atom is -0.465 e. The van der Waals surface area contributed by atoms with Gasteiger partial charge < -0.3 is 15.4 Å². The van der Waals surface area contributed by atoms with Crippen LogP contribution in [0.15, 0.2) is 54.6 Å². The number of nitro benzene ring substituents is 1. The van der Waals surface area contributed by atoms with Crippen LogP contribution in [0.2, 0.25) is 5.15 Å². The number of nitro groups is 1. The molecule has 0 spiro atoms. The number of nitrogens with one attached hydrogen (secondary N) is 2. The van der Waals surface area contributed by atoms with Gasteiger partial charge in [0.1, 0.15) is 16.7 Å². The molecule has 9 heteroatoms. The first kappa shape index (κ1) is 18.4. The van der Waals surface area contributed by atoms with Gasteiger partial charge in [0.2, 0.25) is 0 Å². The Kier molecular flexibility index (Phi) is 5.37. The molecule has 27 heavy (non-hydrogen) atoms. The molecule has 0 bridgehead atoms. The molecule has 3 aromatic rings. The van der Waals surface area contributed by atoms with Crippen LogP contribution >= 0.6 is 11.6 Å². The molecule has 0 radical (unpaired) electrons. The second-order valence-electron chi connectivity index (χ2n) is 5.78. The summed E-state index contributed by atoms with van der Waals surface area (Å²) >= 11 is 6.24. The van der Waals surface area contributed by atoms with Gasteiger partial charge in [0.25, 0.3) is 5.69 Å². The monoisotopic (exact) mass is 386 g/mol. The molecule has 1 heterocycles. The van der Waals surface area contributed by atoms with Crippen molar-refractivity contribution >= 4 is 23.4 Å². The zero-order valence-electron chi connectivity index (χ0n) is 13.9. The maximum absolute atomic E-state index is 11.2. The normalized spacial score (nSPS) is 11.7. The third-order valence-electron chi connectivity index (χ3n) is 3.94. The number of aromatic amines is 1. The van der Waals surface area contributed by atoms with Crippen molar-refractivity contribution in [2.45, 2.75) is 12.5 Å². The minimum atomic E-state index is -1.18. The van der Waals surface area contributed by atoms with Crippen molar-refractivity contribution in [3.8, 4) is 11.3 Å². The zero-order chi connectivity index (χ0) is 19.4. The average molecular weight is 387 g/mol. The topological polar surface area (TPSA) is 121 Å². The molecule has 0 fully saturated rings. The van der Waals surface area contributed by atoms with Crippen molar-refractivity contribution in [2.75, 3.05) is 0 Å². The Balaban J connectivity index is 1.91. The van der Waals surface area contributed by atoms with Crippen LogP contribution in [0.5, 0.6) is 0 Å². The summed E-state index contributed by atoms with van der Waals surface area (Å²) in [6.07, 6.45) is -0.795. The Morgan fingerprint density at radius 1 is 1.22 bits per heavy atom. The van der Waals surface area contributed by atoms with Gasteiger partial charge in [-0.15, -0.1) is 0 Å². The van der Waals surface area contributed by atoms with Crippen molar-refractivity contribution in [1.29, 1.82) is 0 Å². The number of hydrogen-bond donors (Lipinski definition) is 3. The van der Waals surface area contributed by atoms with Crippen LogP contribution in [0.4, 0.5) is 10.5 Å². The van der Waals surface area contributed by atoms with Crippen LogP contribution in [-0.4, -0.2) is 26.1 Å². The molecule has 0 aliphatic heterocycles. The first-order valence-electron chi connectivity index (χ1n) is 7.97. The number of non-ortho nitro benzene ring substituents is 1. The van der Waals surface area contributed by atoms with Gasteiger partial charge in [-0.3, -0.25) is 10.1 Å². The van der Waals surface area contributed by atoms with E-state index in [-0.39, 0.29) is 10.8 Å². The van der Waals surface area contributed by atoms with E-state index in [1.807, 2.05) is 30.3 Å². The fraction of sp³-hybridized carbons (Fsp3) is 0.111. The second kappa shape index (κ2) is 7.88. The number of aromatic nitrogens is 2. The van der Waals surface area contributed by atoms with Crippen molar-refractivity contribution in [3.63, 3.8) is 0 Å². The highest BCUT2D eigenvalue weighted by Gasteiger charge is 2.21. The molecule has 1 atom stereocenters. The molecular formula is C18H15ClN4O4. The van der Waals surface area contributed by atoms with E-state index in [4.69, 9.17) is 16.7 Å². The summed E-state index contributed by atoms with van der Waals surface area (Å²) in [6, 6.07) is 14.6. The number of rotatable bonds is 6. The fourth-order valence-electron chi connectivity index (χ4n) is 2.68. The number of imidazole rings is 1. The van der Waals surface area contributed by atoms with Gasteiger partial charge in [-0.2, -0.15) is 0 Å². The highest BCUT2D eigenvalue weighted by Crippen LogP contribution is 2.29. The molecule has 0 saturated heterocycles. The Morgan fingerprint density at radius 3 is 2.48 bits per heavy atom. The quantitative estimate of drug-likeness (QED) is 0.433. The van der Waals surface area contributed by atoms with Crippen molar-refractivity contribution in [1.82, 2.24) is 15.3 Å². The molecule has 0 aliphatic rings. The predicted molar refractivity (Wildman–Crippen MR) is 99.7 cm³/mol. The fourth-order valence-corrected chi connectivity index (χ4v) is 2.93. The highest BCUT2D eigenvalue weighted by atomic mass is 35.5. The number of benzene rings is 2. The zero-order valence-corrected chi connectivity index (χ0v) is 14.7. The Hall–Kier alpha value is -3.39. The first-order valence-corrected chi connectivity index (χ1v) is 8.35. The van der Waals surface area contributed by atoms with Crippen molar-refractivity contribution < 1.29 is 14.8 Å². The van der Waals surface area contributed by atoms with Gasteiger partial charge in [0, 0.05) is 24.1 Å². The predicted octanol–water partition coefficient (Wildman–Crippen LogP) is 4.19. The van der Waals surface area contributed by atoms with Crippen LogP contribution in [-0.2, 0) is 6.42 Å². The Morgan fingerprint density at radius 2 is 1.89 bits per heavy atom. The highest BCUT2D eigenvalue weighted by molar-refractivity contribution is 6.31. The molecule has 0 saturated carbocycles. The molecule has 1 aromatic heterocycles. The van der Waals surface area contributed by atoms with Gasteiger partial charge in [-0.05, 0) is 17.7 Å².